The van der Waals surface area contributed by atoms with Crippen LogP contribution in [0.1, 0.15) is 46.1 Å². The largest absolute Gasteiger partial charge is 0.492 e. The number of nitrogens with one attached hydrogen (secondary N) is 1. The van der Waals surface area contributed by atoms with Crippen molar-refractivity contribution in [3.8, 4) is 5.75 Å². The fraction of sp³-hybridized carbons (Fsp3) is 0.462. The number of benzene rings is 2. The number of anilines is 1. The summed E-state index contributed by atoms with van der Waals surface area (Å²) >= 11 is 0. The molecule has 0 bridgehead atoms. The highest BCUT2D eigenvalue weighted by molar-refractivity contribution is 7.92. The van der Waals surface area contributed by atoms with E-state index in [1.807, 2.05) is 51.1 Å². The Labute approximate surface area is 209 Å². The normalized spacial score (nSPS) is 12.2. The van der Waals surface area contributed by atoms with Crippen LogP contribution in [-0.2, 0) is 26.2 Å². The van der Waals surface area contributed by atoms with Crippen LogP contribution in [0.15, 0.2) is 54.6 Å². The second-order valence-corrected chi connectivity index (χ2v) is 10.6. The van der Waals surface area contributed by atoms with Crippen molar-refractivity contribution in [3.05, 3.63) is 60.2 Å². The lowest BCUT2D eigenvalue weighted by atomic mass is 10.1. The first-order chi connectivity index (χ1) is 16.5. The predicted molar refractivity (Wildman–Crippen MR) is 139 cm³/mol. The number of carbonyl (C=O) groups is 2. The van der Waals surface area contributed by atoms with E-state index in [2.05, 4.69) is 5.32 Å². The number of hydrogen-bond acceptors (Lipinski definition) is 5. The minimum Gasteiger partial charge on any atom is -0.492 e. The Kier molecular flexibility index (Phi) is 10.6. The van der Waals surface area contributed by atoms with Crippen LogP contribution in [0.2, 0.25) is 0 Å². The molecule has 0 aliphatic heterocycles. The van der Waals surface area contributed by atoms with Gasteiger partial charge < -0.3 is 15.0 Å². The fourth-order valence-electron chi connectivity index (χ4n) is 3.69. The van der Waals surface area contributed by atoms with Crippen molar-refractivity contribution in [2.75, 3.05) is 23.7 Å². The summed E-state index contributed by atoms with van der Waals surface area (Å²) in [5.74, 6) is 0.0240. The summed E-state index contributed by atoms with van der Waals surface area (Å²) in [7, 11) is -3.60. The first-order valence-corrected chi connectivity index (χ1v) is 13.7. The number of sulfonamides is 1. The summed E-state index contributed by atoms with van der Waals surface area (Å²) in [6.07, 6.45) is 1.52. The van der Waals surface area contributed by atoms with Crippen molar-refractivity contribution in [1.29, 1.82) is 0 Å². The zero-order valence-electron chi connectivity index (χ0n) is 21.2. The molecule has 2 rings (SSSR count). The minimum atomic E-state index is -3.60. The summed E-state index contributed by atoms with van der Waals surface area (Å²) in [5.41, 5.74) is 1.35. The van der Waals surface area contributed by atoms with Crippen molar-refractivity contribution in [2.45, 2.75) is 59.2 Å². The molecule has 0 heterocycles. The van der Waals surface area contributed by atoms with Crippen molar-refractivity contribution in [3.63, 3.8) is 0 Å². The second kappa shape index (κ2) is 13.1. The molecule has 1 atom stereocenters. The van der Waals surface area contributed by atoms with Crippen LogP contribution in [0.25, 0.3) is 0 Å². The molecule has 0 saturated carbocycles. The summed E-state index contributed by atoms with van der Waals surface area (Å²) < 4.78 is 32.0. The molecule has 0 aliphatic rings. The number of nitrogens with zero attached hydrogens (tertiary/aromatic N) is 2. The molecule has 0 saturated heterocycles. The van der Waals surface area contributed by atoms with Gasteiger partial charge >= 0.3 is 0 Å². The molecule has 192 valence electrons. The third kappa shape index (κ3) is 8.58. The van der Waals surface area contributed by atoms with Gasteiger partial charge in [-0.25, -0.2) is 8.42 Å². The standard InChI is InChI=1S/C26H37N3O5S/c1-6-34-24-16-11-10-15-23(24)29(35(5,32)33)18-12-17-25(30)28(19-22-13-8-7-9-14-22)21(4)26(31)27-20(2)3/h7-11,13-16,20-21H,6,12,17-19H2,1-5H3,(H,27,31)/t21-/m1/s1. The molecule has 0 aromatic heterocycles. The first kappa shape index (κ1) is 28.2. The van der Waals surface area contributed by atoms with E-state index in [4.69, 9.17) is 4.74 Å². The molecule has 2 amide bonds. The number of hydrogen-bond donors (Lipinski definition) is 1. The lowest BCUT2D eigenvalue weighted by molar-refractivity contribution is -0.140. The Morgan fingerprint density at radius 2 is 1.63 bits per heavy atom. The van der Waals surface area contributed by atoms with Crippen LogP contribution in [0, 0.1) is 0 Å². The van der Waals surface area contributed by atoms with Crippen LogP contribution in [0.4, 0.5) is 5.69 Å². The minimum absolute atomic E-state index is 0.0487. The Bertz CT molecular complexity index is 1070. The molecule has 8 nitrogen and oxygen atoms in total. The van der Waals surface area contributed by atoms with Crippen molar-refractivity contribution < 1.29 is 22.7 Å². The van der Waals surface area contributed by atoms with Crippen molar-refractivity contribution in [1.82, 2.24) is 10.2 Å². The zero-order chi connectivity index (χ0) is 26.0. The summed E-state index contributed by atoms with van der Waals surface area (Å²) in [6, 6.07) is 15.7. The number of amides is 2. The van der Waals surface area contributed by atoms with Gasteiger partial charge in [0.1, 0.15) is 11.8 Å². The van der Waals surface area contributed by atoms with Crippen LogP contribution in [0.3, 0.4) is 0 Å². The molecule has 1 N–H and O–H groups in total. The monoisotopic (exact) mass is 503 g/mol. The molecule has 0 aliphatic carbocycles. The van der Waals surface area contributed by atoms with Gasteiger partial charge in [0.15, 0.2) is 0 Å². The molecule has 9 heteroatoms. The van der Waals surface area contributed by atoms with E-state index in [0.717, 1.165) is 11.8 Å². The predicted octanol–water partition coefficient (Wildman–Crippen LogP) is 3.57. The Balaban J connectivity index is 2.18. The maximum absolute atomic E-state index is 13.3. The van der Waals surface area contributed by atoms with Crippen molar-refractivity contribution >= 4 is 27.5 Å². The van der Waals surface area contributed by atoms with E-state index in [0.29, 0.717) is 18.0 Å². The average Bonchev–Trinajstić information content (AvgIpc) is 2.80. The summed E-state index contributed by atoms with van der Waals surface area (Å²) in [6.45, 7) is 8.08. The third-order valence-corrected chi connectivity index (χ3v) is 6.56. The molecule has 2 aromatic carbocycles. The molecule has 0 spiro atoms. The van der Waals surface area contributed by atoms with E-state index in [-0.39, 0.29) is 43.8 Å². The van der Waals surface area contributed by atoms with Gasteiger partial charge in [-0.2, -0.15) is 0 Å². The number of ether oxygens (including phenoxy) is 1. The lowest BCUT2D eigenvalue weighted by Gasteiger charge is -2.30. The van der Waals surface area contributed by atoms with E-state index in [1.54, 1.807) is 36.1 Å². The van der Waals surface area contributed by atoms with E-state index >= 15 is 0 Å². The fourth-order valence-corrected chi connectivity index (χ4v) is 4.66. The van der Waals surface area contributed by atoms with Gasteiger partial charge in [0.2, 0.25) is 21.8 Å². The van der Waals surface area contributed by atoms with Gasteiger partial charge in [-0.15, -0.1) is 0 Å². The molecule has 0 unspecified atom stereocenters. The topological polar surface area (TPSA) is 96.0 Å². The Hall–Kier alpha value is -3.07. The highest BCUT2D eigenvalue weighted by Crippen LogP contribution is 2.30. The van der Waals surface area contributed by atoms with Crippen molar-refractivity contribution in [2.24, 2.45) is 0 Å². The Morgan fingerprint density at radius 1 is 1.00 bits per heavy atom. The smallest absolute Gasteiger partial charge is 0.242 e. The van der Waals surface area contributed by atoms with Gasteiger partial charge in [-0.05, 0) is 51.8 Å². The van der Waals surface area contributed by atoms with E-state index in [9.17, 15) is 18.0 Å². The molecular weight excluding hydrogens is 466 g/mol. The van der Waals surface area contributed by atoms with Crippen LogP contribution in [-0.4, -0.2) is 56.6 Å². The number of para-hydroxylation sites is 2. The quantitative estimate of drug-likeness (QED) is 0.451. The van der Waals surface area contributed by atoms with Gasteiger partial charge in [0.25, 0.3) is 0 Å². The summed E-state index contributed by atoms with van der Waals surface area (Å²) in [4.78, 5) is 27.5. The van der Waals surface area contributed by atoms with E-state index < -0.39 is 16.1 Å². The Morgan fingerprint density at radius 3 is 2.23 bits per heavy atom. The molecular formula is C26H37N3O5S. The number of carbonyl (C=O) groups excluding carboxylic acids is 2. The van der Waals surface area contributed by atoms with Crippen LogP contribution >= 0.6 is 0 Å². The number of rotatable bonds is 13. The van der Waals surface area contributed by atoms with Gasteiger partial charge in [0.05, 0.1) is 18.6 Å². The SMILES string of the molecule is CCOc1ccccc1N(CCCC(=O)N(Cc1ccccc1)[C@H](C)C(=O)NC(C)C)S(C)(=O)=O. The molecule has 0 fully saturated rings. The molecule has 35 heavy (non-hydrogen) atoms. The van der Waals surface area contributed by atoms with Gasteiger partial charge in [-0.3, -0.25) is 13.9 Å². The zero-order valence-corrected chi connectivity index (χ0v) is 22.0. The molecule has 2 aromatic rings. The summed E-state index contributed by atoms with van der Waals surface area (Å²) in [5, 5.41) is 2.86. The second-order valence-electron chi connectivity index (χ2n) is 8.69. The molecule has 0 radical (unpaired) electrons. The van der Waals surface area contributed by atoms with Crippen LogP contribution < -0.4 is 14.4 Å². The lowest BCUT2D eigenvalue weighted by Crippen LogP contribution is -2.49. The highest BCUT2D eigenvalue weighted by Gasteiger charge is 2.27. The average molecular weight is 504 g/mol. The van der Waals surface area contributed by atoms with E-state index in [1.165, 1.54) is 4.31 Å². The van der Waals surface area contributed by atoms with Gasteiger partial charge in [-0.1, -0.05) is 42.5 Å². The third-order valence-electron chi connectivity index (χ3n) is 5.38. The maximum atomic E-state index is 13.3. The first-order valence-electron chi connectivity index (χ1n) is 11.9. The maximum Gasteiger partial charge on any atom is 0.242 e. The highest BCUT2D eigenvalue weighted by atomic mass is 32.2. The van der Waals surface area contributed by atoms with Crippen LogP contribution in [0.5, 0.6) is 5.75 Å². The van der Waals surface area contributed by atoms with Gasteiger partial charge in [0, 0.05) is 25.6 Å².